The fourth-order valence-corrected chi connectivity index (χ4v) is 3.42. The van der Waals surface area contributed by atoms with Crippen LogP contribution in [0.4, 0.5) is 5.69 Å². The first-order chi connectivity index (χ1) is 11.7. The van der Waals surface area contributed by atoms with Crippen molar-refractivity contribution < 1.29 is 4.92 Å². The number of unbranched alkanes of at least 4 members (excludes halogenated alkanes) is 3. The molecule has 2 aromatic rings. The van der Waals surface area contributed by atoms with Crippen molar-refractivity contribution in [3.63, 3.8) is 0 Å². The van der Waals surface area contributed by atoms with Gasteiger partial charge in [0.2, 0.25) is 0 Å². The monoisotopic (exact) mass is 341 g/mol. The zero-order chi connectivity index (χ0) is 17.2. The average Bonchev–Trinajstić information content (AvgIpc) is 2.60. The molecule has 0 atom stereocenters. The number of rotatable bonds is 9. The number of nitrogens with zero attached hydrogens (tertiary/aromatic N) is 1. The first-order valence-electron chi connectivity index (χ1n) is 8.37. The lowest BCUT2D eigenvalue weighted by molar-refractivity contribution is -0.384. The maximum Gasteiger partial charge on any atom is 0.269 e. The third-order valence-corrected chi connectivity index (χ3v) is 4.79. The lowest BCUT2D eigenvalue weighted by Gasteiger charge is -2.08. The van der Waals surface area contributed by atoms with Crippen molar-refractivity contribution in [1.29, 1.82) is 0 Å². The first-order valence-corrected chi connectivity index (χ1v) is 9.18. The molecule has 4 heteroatoms. The molecule has 0 heterocycles. The van der Waals surface area contributed by atoms with Gasteiger partial charge in [-0.3, -0.25) is 10.1 Å². The number of hydrogen-bond donors (Lipinski definition) is 0. The predicted octanol–water partition coefficient (Wildman–Crippen LogP) is 6.70. The number of thioether (sulfide) groups is 1. The van der Waals surface area contributed by atoms with E-state index >= 15 is 0 Å². The summed E-state index contributed by atoms with van der Waals surface area (Å²) >= 11 is 1.70. The van der Waals surface area contributed by atoms with Gasteiger partial charge in [-0.15, -0.1) is 0 Å². The van der Waals surface area contributed by atoms with Gasteiger partial charge in [0, 0.05) is 17.0 Å². The topological polar surface area (TPSA) is 43.1 Å². The Labute approximate surface area is 147 Å². The molecule has 0 spiro atoms. The molecule has 0 saturated heterocycles. The fourth-order valence-electron chi connectivity index (χ4n) is 2.40. The van der Waals surface area contributed by atoms with Crippen LogP contribution in [0.15, 0.2) is 64.4 Å². The first kappa shape index (κ1) is 18.3. The minimum Gasteiger partial charge on any atom is -0.258 e. The minimum absolute atomic E-state index is 0.135. The van der Waals surface area contributed by atoms with Crippen molar-refractivity contribution in [3.05, 3.63) is 75.2 Å². The van der Waals surface area contributed by atoms with Crippen LogP contribution in [-0.2, 0) is 0 Å². The van der Waals surface area contributed by atoms with Crippen LogP contribution in [0.3, 0.4) is 0 Å². The van der Waals surface area contributed by atoms with E-state index in [0.29, 0.717) is 0 Å². The van der Waals surface area contributed by atoms with Gasteiger partial charge in [0.05, 0.1) is 4.92 Å². The lowest BCUT2D eigenvalue weighted by atomic mass is 10.1. The minimum atomic E-state index is -0.361. The number of nitro benzene ring substituents is 1. The van der Waals surface area contributed by atoms with Crippen molar-refractivity contribution in [2.45, 2.75) is 43.9 Å². The molecule has 0 radical (unpaired) electrons. The molecule has 0 aromatic heterocycles. The fraction of sp³-hybridized carbons (Fsp3) is 0.300. The van der Waals surface area contributed by atoms with Crippen LogP contribution in [0.2, 0.25) is 0 Å². The van der Waals surface area contributed by atoms with Gasteiger partial charge >= 0.3 is 0 Å². The summed E-state index contributed by atoms with van der Waals surface area (Å²) in [6, 6.07) is 17.1. The van der Waals surface area contributed by atoms with Crippen LogP contribution in [0.25, 0.3) is 6.08 Å². The van der Waals surface area contributed by atoms with Crippen LogP contribution >= 0.6 is 11.8 Å². The highest BCUT2D eigenvalue weighted by molar-refractivity contribution is 8.03. The summed E-state index contributed by atoms with van der Waals surface area (Å²) < 4.78 is 0. The Hall–Kier alpha value is -2.07. The van der Waals surface area contributed by atoms with Crippen LogP contribution in [0.5, 0.6) is 0 Å². The van der Waals surface area contributed by atoms with Gasteiger partial charge in [0.15, 0.2) is 0 Å². The smallest absolute Gasteiger partial charge is 0.258 e. The van der Waals surface area contributed by atoms with Crippen molar-refractivity contribution in [1.82, 2.24) is 0 Å². The van der Waals surface area contributed by atoms with E-state index in [-0.39, 0.29) is 10.6 Å². The maximum absolute atomic E-state index is 10.8. The molecule has 2 rings (SSSR count). The molecule has 0 fully saturated rings. The van der Waals surface area contributed by atoms with E-state index in [1.807, 2.05) is 30.3 Å². The molecule has 3 nitrogen and oxygen atoms in total. The zero-order valence-electron chi connectivity index (χ0n) is 14.0. The lowest BCUT2D eigenvalue weighted by Crippen LogP contribution is -1.87. The molecule has 0 N–H and O–H groups in total. The Morgan fingerprint density at radius 2 is 1.75 bits per heavy atom. The molecule has 0 saturated carbocycles. The Bertz CT molecular complexity index is 666. The van der Waals surface area contributed by atoms with Crippen molar-refractivity contribution in [2.75, 3.05) is 0 Å². The molecule has 0 aliphatic rings. The quantitative estimate of drug-likeness (QED) is 0.221. The van der Waals surface area contributed by atoms with E-state index in [1.165, 1.54) is 36.2 Å². The molecule has 126 valence electrons. The molecule has 0 amide bonds. The van der Waals surface area contributed by atoms with Gasteiger partial charge in [0.25, 0.3) is 5.69 Å². The van der Waals surface area contributed by atoms with Crippen molar-refractivity contribution >= 4 is 23.5 Å². The summed E-state index contributed by atoms with van der Waals surface area (Å²) in [5, 5.41) is 10.8. The van der Waals surface area contributed by atoms with Gasteiger partial charge in [-0.1, -0.05) is 68.3 Å². The normalized spacial score (nSPS) is 11.5. The SMILES string of the molecule is CCCCCC/C(=C/c1ccccc1)Sc1ccc([N+](=O)[O-])cc1. The summed E-state index contributed by atoms with van der Waals surface area (Å²) in [4.78, 5) is 12.7. The summed E-state index contributed by atoms with van der Waals surface area (Å²) in [6.45, 7) is 2.21. The molecule has 0 aliphatic carbocycles. The summed E-state index contributed by atoms with van der Waals surface area (Å²) in [6.07, 6.45) is 8.17. The Kier molecular flexibility index (Phi) is 7.56. The highest BCUT2D eigenvalue weighted by Crippen LogP contribution is 2.33. The second-order valence-corrected chi connectivity index (χ2v) is 6.88. The number of nitro groups is 1. The largest absolute Gasteiger partial charge is 0.269 e. The van der Waals surface area contributed by atoms with Crippen LogP contribution < -0.4 is 0 Å². The molecule has 24 heavy (non-hydrogen) atoms. The molecule has 0 aliphatic heterocycles. The molecule has 0 bridgehead atoms. The van der Waals surface area contributed by atoms with Gasteiger partial charge in [0.1, 0.15) is 0 Å². The highest BCUT2D eigenvalue weighted by Gasteiger charge is 2.06. The van der Waals surface area contributed by atoms with E-state index in [0.717, 1.165) is 11.3 Å². The predicted molar refractivity (Wildman–Crippen MR) is 102 cm³/mol. The van der Waals surface area contributed by atoms with E-state index < -0.39 is 0 Å². The van der Waals surface area contributed by atoms with Crippen LogP contribution in [-0.4, -0.2) is 4.92 Å². The van der Waals surface area contributed by atoms with E-state index in [4.69, 9.17) is 0 Å². The maximum atomic E-state index is 10.8. The van der Waals surface area contributed by atoms with Crippen molar-refractivity contribution in [3.8, 4) is 0 Å². The number of hydrogen-bond acceptors (Lipinski definition) is 3. The summed E-state index contributed by atoms with van der Waals surface area (Å²) in [7, 11) is 0. The molecule has 0 unspecified atom stereocenters. The van der Waals surface area contributed by atoms with Gasteiger partial charge in [-0.25, -0.2) is 0 Å². The summed E-state index contributed by atoms with van der Waals surface area (Å²) in [5.41, 5.74) is 1.33. The third-order valence-electron chi connectivity index (χ3n) is 3.70. The molecular formula is C20H23NO2S. The zero-order valence-corrected chi connectivity index (χ0v) is 14.8. The number of allylic oxidation sites excluding steroid dienone is 1. The molecular weight excluding hydrogens is 318 g/mol. The number of non-ortho nitro benzene ring substituents is 1. The Morgan fingerprint density at radius 3 is 2.38 bits per heavy atom. The average molecular weight is 341 g/mol. The van der Waals surface area contributed by atoms with Crippen molar-refractivity contribution in [2.24, 2.45) is 0 Å². The van der Waals surface area contributed by atoms with Gasteiger partial charge in [-0.2, -0.15) is 0 Å². The molecule has 2 aromatic carbocycles. The van der Waals surface area contributed by atoms with E-state index in [1.54, 1.807) is 23.9 Å². The Morgan fingerprint density at radius 1 is 1.04 bits per heavy atom. The van der Waals surface area contributed by atoms with E-state index in [2.05, 4.69) is 25.1 Å². The Balaban J connectivity index is 2.09. The standard InChI is InChI=1S/C20H23NO2S/c1-2-3-4-8-11-20(16-17-9-6-5-7-10-17)24-19-14-12-18(13-15-19)21(22)23/h5-7,9-10,12-16H,2-4,8,11H2,1H3/b20-16-. The van der Waals surface area contributed by atoms with Crippen LogP contribution in [0, 0.1) is 10.1 Å². The van der Waals surface area contributed by atoms with Crippen LogP contribution in [0.1, 0.15) is 44.6 Å². The second kappa shape index (κ2) is 9.93. The number of benzene rings is 2. The van der Waals surface area contributed by atoms with Gasteiger partial charge in [-0.05, 0) is 41.5 Å². The summed E-state index contributed by atoms with van der Waals surface area (Å²) in [5.74, 6) is 0. The highest BCUT2D eigenvalue weighted by atomic mass is 32.2. The van der Waals surface area contributed by atoms with Gasteiger partial charge < -0.3 is 0 Å². The van der Waals surface area contributed by atoms with E-state index in [9.17, 15) is 10.1 Å². The second-order valence-electron chi connectivity index (χ2n) is 5.69. The third kappa shape index (κ3) is 6.20.